The van der Waals surface area contributed by atoms with Gasteiger partial charge in [0.1, 0.15) is 12.2 Å². The molecule has 0 saturated heterocycles. The van der Waals surface area contributed by atoms with E-state index in [1.54, 1.807) is 12.1 Å². The lowest BCUT2D eigenvalue weighted by Crippen LogP contribution is -2.19. The maximum absolute atomic E-state index is 12.4. The van der Waals surface area contributed by atoms with E-state index >= 15 is 0 Å². The van der Waals surface area contributed by atoms with Gasteiger partial charge < -0.3 is 14.8 Å². The summed E-state index contributed by atoms with van der Waals surface area (Å²) in [6, 6.07) is 4.84. The van der Waals surface area contributed by atoms with Crippen molar-refractivity contribution >= 4 is 0 Å². The van der Waals surface area contributed by atoms with Crippen LogP contribution in [0.3, 0.4) is 0 Å². The molecule has 1 unspecified atom stereocenters. The summed E-state index contributed by atoms with van der Waals surface area (Å²) < 4.78 is 34.1. The standard InChI is InChI=1S/C13H16F2N4O2/c1-8(12-17-7-18-19-12)16-6-9-3-4-10(20-2)11(5-9)21-13(14)15/h3-5,7-8,13,16H,6H2,1-2H3,(H,17,18,19). The van der Waals surface area contributed by atoms with E-state index in [4.69, 9.17) is 4.74 Å². The van der Waals surface area contributed by atoms with Crippen molar-refractivity contribution in [3.63, 3.8) is 0 Å². The molecule has 0 spiro atoms. The van der Waals surface area contributed by atoms with E-state index in [0.717, 1.165) is 5.56 Å². The fourth-order valence-electron chi connectivity index (χ4n) is 1.81. The van der Waals surface area contributed by atoms with Gasteiger partial charge in [0, 0.05) is 6.54 Å². The SMILES string of the molecule is COc1ccc(CNC(C)c2ncn[nH]2)cc1OC(F)F. The number of hydrogen-bond donors (Lipinski definition) is 2. The predicted octanol–water partition coefficient (Wildman–Crippen LogP) is 2.27. The zero-order chi connectivity index (χ0) is 15.2. The predicted molar refractivity (Wildman–Crippen MR) is 71.3 cm³/mol. The van der Waals surface area contributed by atoms with Crippen molar-refractivity contribution in [3.05, 3.63) is 35.9 Å². The molecular formula is C13H16F2N4O2. The molecule has 1 aromatic carbocycles. The number of nitrogens with one attached hydrogen (secondary N) is 2. The minimum absolute atomic E-state index is 0.0131. The van der Waals surface area contributed by atoms with Gasteiger partial charge in [-0.1, -0.05) is 6.07 Å². The van der Waals surface area contributed by atoms with Crippen LogP contribution < -0.4 is 14.8 Å². The van der Waals surface area contributed by atoms with E-state index in [1.807, 2.05) is 6.92 Å². The Morgan fingerprint density at radius 2 is 2.14 bits per heavy atom. The zero-order valence-electron chi connectivity index (χ0n) is 11.6. The minimum Gasteiger partial charge on any atom is -0.493 e. The third kappa shape index (κ3) is 4.12. The van der Waals surface area contributed by atoms with Crippen LogP contribution in [0.2, 0.25) is 0 Å². The van der Waals surface area contributed by atoms with Crippen LogP contribution in [-0.4, -0.2) is 28.9 Å². The number of halogens is 2. The lowest BCUT2D eigenvalue weighted by molar-refractivity contribution is -0.0512. The first-order chi connectivity index (χ1) is 10.1. The Bertz CT molecular complexity index is 563. The van der Waals surface area contributed by atoms with Gasteiger partial charge in [-0.05, 0) is 24.6 Å². The van der Waals surface area contributed by atoms with Crippen LogP contribution >= 0.6 is 0 Å². The Balaban J connectivity index is 2.03. The van der Waals surface area contributed by atoms with Gasteiger partial charge in [0.05, 0.1) is 13.2 Å². The number of aromatic nitrogens is 3. The fourth-order valence-corrected chi connectivity index (χ4v) is 1.81. The molecule has 2 rings (SSSR count). The highest BCUT2D eigenvalue weighted by molar-refractivity contribution is 5.43. The zero-order valence-corrected chi connectivity index (χ0v) is 11.6. The summed E-state index contributed by atoms with van der Waals surface area (Å²) in [5.74, 6) is 0.981. The second-order valence-electron chi connectivity index (χ2n) is 4.34. The lowest BCUT2D eigenvalue weighted by Gasteiger charge is -2.14. The van der Waals surface area contributed by atoms with Gasteiger partial charge in [0.15, 0.2) is 11.5 Å². The molecule has 1 heterocycles. The Hall–Kier alpha value is -2.22. The van der Waals surface area contributed by atoms with Crippen LogP contribution in [0.1, 0.15) is 24.4 Å². The number of methoxy groups -OCH3 is 1. The van der Waals surface area contributed by atoms with Crippen LogP contribution in [0.4, 0.5) is 8.78 Å². The molecule has 2 aromatic rings. The second kappa shape index (κ2) is 6.98. The molecule has 0 fully saturated rings. The first-order valence-corrected chi connectivity index (χ1v) is 6.30. The van der Waals surface area contributed by atoms with Gasteiger partial charge in [-0.3, -0.25) is 5.10 Å². The average Bonchev–Trinajstić information content (AvgIpc) is 2.98. The highest BCUT2D eigenvalue weighted by Gasteiger charge is 2.12. The Morgan fingerprint density at radius 3 is 2.76 bits per heavy atom. The van der Waals surface area contributed by atoms with Gasteiger partial charge >= 0.3 is 6.61 Å². The molecule has 0 radical (unpaired) electrons. The summed E-state index contributed by atoms with van der Waals surface area (Å²) in [5.41, 5.74) is 0.790. The van der Waals surface area contributed by atoms with E-state index in [2.05, 4.69) is 25.2 Å². The normalized spacial score (nSPS) is 12.4. The molecule has 0 aliphatic carbocycles. The first-order valence-electron chi connectivity index (χ1n) is 6.30. The maximum Gasteiger partial charge on any atom is 0.387 e. The van der Waals surface area contributed by atoms with Crippen LogP contribution in [0.15, 0.2) is 24.5 Å². The number of benzene rings is 1. The molecule has 0 saturated carbocycles. The Morgan fingerprint density at radius 1 is 1.33 bits per heavy atom. The molecule has 6 nitrogen and oxygen atoms in total. The van der Waals surface area contributed by atoms with Gasteiger partial charge in [-0.25, -0.2) is 4.98 Å². The van der Waals surface area contributed by atoms with E-state index < -0.39 is 6.61 Å². The summed E-state index contributed by atoms with van der Waals surface area (Å²) in [5, 5.41) is 9.73. The molecule has 1 aromatic heterocycles. The first kappa shape index (κ1) is 15.2. The van der Waals surface area contributed by atoms with Crippen LogP contribution in [0, 0.1) is 0 Å². The molecule has 0 aliphatic heterocycles. The minimum atomic E-state index is -2.89. The summed E-state index contributed by atoms with van der Waals surface area (Å²) in [6.45, 7) is -0.512. The maximum atomic E-state index is 12.4. The van der Waals surface area contributed by atoms with Crippen molar-refractivity contribution in [2.45, 2.75) is 26.1 Å². The van der Waals surface area contributed by atoms with Crippen molar-refractivity contribution in [2.75, 3.05) is 7.11 Å². The number of H-pyrrole nitrogens is 1. The average molecular weight is 298 g/mol. The second-order valence-corrected chi connectivity index (χ2v) is 4.34. The van der Waals surface area contributed by atoms with E-state index in [1.165, 1.54) is 19.5 Å². The molecular weight excluding hydrogens is 282 g/mol. The molecule has 8 heteroatoms. The van der Waals surface area contributed by atoms with Crippen molar-refractivity contribution < 1.29 is 18.3 Å². The quantitative estimate of drug-likeness (QED) is 0.820. The number of rotatable bonds is 7. The fraction of sp³-hybridized carbons (Fsp3) is 0.385. The Kier molecular flexibility index (Phi) is 5.04. The smallest absolute Gasteiger partial charge is 0.387 e. The van der Waals surface area contributed by atoms with Gasteiger partial charge in [-0.2, -0.15) is 13.9 Å². The van der Waals surface area contributed by atoms with Gasteiger partial charge in [-0.15, -0.1) is 0 Å². The number of hydrogen-bond acceptors (Lipinski definition) is 5. The lowest BCUT2D eigenvalue weighted by atomic mass is 10.2. The Labute approximate surface area is 120 Å². The summed E-state index contributed by atoms with van der Waals surface area (Å²) in [7, 11) is 1.40. The number of aromatic amines is 1. The van der Waals surface area contributed by atoms with Crippen molar-refractivity contribution in [2.24, 2.45) is 0 Å². The van der Waals surface area contributed by atoms with Crippen molar-refractivity contribution in [3.8, 4) is 11.5 Å². The number of nitrogens with zero attached hydrogens (tertiary/aromatic N) is 2. The number of alkyl halides is 2. The highest BCUT2D eigenvalue weighted by Crippen LogP contribution is 2.29. The summed E-state index contributed by atoms with van der Waals surface area (Å²) in [6.07, 6.45) is 1.43. The molecule has 2 N–H and O–H groups in total. The van der Waals surface area contributed by atoms with Crippen LogP contribution in [-0.2, 0) is 6.54 Å². The summed E-state index contributed by atoms with van der Waals surface area (Å²) in [4.78, 5) is 4.04. The largest absolute Gasteiger partial charge is 0.493 e. The van der Waals surface area contributed by atoms with Crippen LogP contribution in [0.5, 0.6) is 11.5 Å². The summed E-state index contributed by atoms with van der Waals surface area (Å²) >= 11 is 0. The molecule has 0 amide bonds. The van der Waals surface area contributed by atoms with Gasteiger partial charge in [0.2, 0.25) is 0 Å². The van der Waals surface area contributed by atoms with Crippen LogP contribution in [0.25, 0.3) is 0 Å². The third-order valence-corrected chi connectivity index (χ3v) is 2.90. The monoisotopic (exact) mass is 298 g/mol. The number of ether oxygens (including phenoxy) is 2. The van der Waals surface area contributed by atoms with E-state index in [0.29, 0.717) is 12.4 Å². The molecule has 0 bridgehead atoms. The van der Waals surface area contributed by atoms with E-state index in [-0.39, 0.29) is 17.5 Å². The molecule has 0 aliphatic rings. The molecule has 114 valence electrons. The molecule has 21 heavy (non-hydrogen) atoms. The van der Waals surface area contributed by atoms with Crippen molar-refractivity contribution in [1.82, 2.24) is 20.5 Å². The topological polar surface area (TPSA) is 72.1 Å². The highest BCUT2D eigenvalue weighted by atomic mass is 19.3. The van der Waals surface area contributed by atoms with Gasteiger partial charge in [0.25, 0.3) is 0 Å². The van der Waals surface area contributed by atoms with Crippen molar-refractivity contribution in [1.29, 1.82) is 0 Å². The molecule has 1 atom stereocenters. The van der Waals surface area contributed by atoms with E-state index in [9.17, 15) is 8.78 Å². The third-order valence-electron chi connectivity index (χ3n) is 2.90.